The Bertz CT molecular complexity index is 924. The van der Waals surface area contributed by atoms with Crippen molar-refractivity contribution in [2.24, 2.45) is 0 Å². The van der Waals surface area contributed by atoms with Gasteiger partial charge in [-0.25, -0.2) is 4.39 Å². The molecule has 0 fully saturated rings. The number of ether oxygens (including phenoxy) is 2. The van der Waals surface area contributed by atoms with Crippen LogP contribution in [0.3, 0.4) is 0 Å². The zero-order valence-corrected chi connectivity index (χ0v) is 16.7. The lowest BCUT2D eigenvalue weighted by molar-refractivity contribution is -0.122. The number of nitrogens with one attached hydrogen (secondary N) is 1. The SMILES string of the molecule is COc1ccccc1C(NC(=O)[C@H](C)c1ccc(F)cc1)c1ccccc1OC. The van der Waals surface area contributed by atoms with Crippen LogP contribution in [0.15, 0.2) is 72.8 Å². The number of rotatable bonds is 7. The number of para-hydroxylation sites is 2. The first kappa shape index (κ1) is 20.4. The molecule has 0 saturated carbocycles. The highest BCUT2D eigenvalue weighted by Gasteiger charge is 2.26. The summed E-state index contributed by atoms with van der Waals surface area (Å²) in [4.78, 5) is 13.1. The molecule has 1 N–H and O–H groups in total. The number of methoxy groups -OCH3 is 2. The standard InChI is InChI=1S/C24H24FNO3/c1-16(17-12-14-18(25)15-13-17)24(27)26-23(19-8-4-6-10-21(19)28-2)20-9-5-7-11-22(20)29-3/h4-16,23H,1-3H3,(H,26,27)/t16-/m1/s1. The van der Waals surface area contributed by atoms with Crippen molar-refractivity contribution in [3.05, 3.63) is 95.3 Å². The van der Waals surface area contributed by atoms with Gasteiger partial charge in [0, 0.05) is 11.1 Å². The van der Waals surface area contributed by atoms with Gasteiger partial charge in [0.1, 0.15) is 17.3 Å². The third-order valence-corrected chi connectivity index (χ3v) is 4.95. The third-order valence-electron chi connectivity index (χ3n) is 4.95. The van der Waals surface area contributed by atoms with Crippen LogP contribution in [-0.2, 0) is 4.79 Å². The van der Waals surface area contributed by atoms with Crippen molar-refractivity contribution >= 4 is 5.91 Å². The van der Waals surface area contributed by atoms with Crippen LogP contribution in [0.1, 0.15) is 35.6 Å². The van der Waals surface area contributed by atoms with Crippen LogP contribution < -0.4 is 14.8 Å². The van der Waals surface area contributed by atoms with Gasteiger partial charge in [-0.1, -0.05) is 48.5 Å². The fraction of sp³-hybridized carbons (Fsp3) is 0.208. The minimum Gasteiger partial charge on any atom is -0.496 e. The molecule has 150 valence electrons. The summed E-state index contributed by atoms with van der Waals surface area (Å²) in [6.45, 7) is 1.80. The van der Waals surface area contributed by atoms with Crippen molar-refractivity contribution in [1.82, 2.24) is 5.32 Å². The van der Waals surface area contributed by atoms with Gasteiger partial charge in [0.15, 0.2) is 0 Å². The van der Waals surface area contributed by atoms with Gasteiger partial charge in [0.05, 0.1) is 26.2 Å². The van der Waals surface area contributed by atoms with Gasteiger partial charge in [-0.15, -0.1) is 0 Å². The molecule has 0 aliphatic rings. The Balaban J connectivity index is 1.99. The van der Waals surface area contributed by atoms with Gasteiger partial charge in [-0.2, -0.15) is 0 Å². The van der Waals surface area contributed by atoms with Crippen molar-refractivity contribution < 1.29 is 18.7 Å². The van der Waals surface area contributed by atoms with Gasteiger partial charge >= 0.3 is 0 Å². The summed E-state index contributed by atoms with van der Waals surface area (Å²) in [5, 5.41) is 3.12. The molecule has 0 spiro atoms. The summed E-state index contributed by atoms with van der Waals surface area (Å²) in [6.07, 6.45) is 0. The quantitative estimate of drug-likeness (QED) is 0.624. The summed E-state index contributed by atoms with van der Waals surface area (Å²) >= 11 is 0. The molecule has 3 aromatic carbocycles. The lowest BCUT2D eigenvalue weighted by Gasteiger charge is -2.25. The third kappa shape index (κ3) is 4.57. The zero-order chi connectivity index (χ0) is 20.8. The molecule has 1 atom stereocenters. The Hall–Kier alpha value is -3.34. The Morgan fingerprint density at radius 3 is 1.79 bits per heavy atom. The first-order valence-electron chi connectivity index (χ1n) is 9.36. The number of halogens is 1. The predicted molar refractivity (Wildman–Crippen MR) is 111 cm³/mol. The zero-order valence-electron chi connectivity index (χ0n) is 16.7. The number of hydrogen-bond acceptors (Lipinski definition) is 3. The predicted octanol–water partition coefficient (Wildman–Crippen LogP) is 4.85. The Morgan fingerprint density at radius 1 is 0.828 bits per heavy atom. The summed E-state index contributed by atoms with van der Waals surface area (Å²) in [6, 6.07) is 20.6. The molecular weight excluding hydrogens is 369 g/mol. The highest BCUT2D eigenvalue weighted by molar-refractivity contribution is 5.84. The van der Waals surface area contributed by atoms with E-state index < -0.39 is 12.0 Å². The fourth-order valence-electron chi connectivity index (χ4n) is 3.30. The molecule has 0 aliphatic carbocycles. The monoisotopic (exact) mass is 393 g/mol. The van der Waals surface area contributed by atoms with Crippen molar-refractivity contribution in [2.45, 2.75) is 18.9 Å². The number of benzene rings is 3. The molecule has 4 nitrogen and oxygen atoms in total. The van der Waals surface area contributed by atoms with Gasteiger partial charge < -0.3 is 14.8 Å². The lowest BCUT2D eigenvalue weighted by atomic mass is 9.94. The number of hydrogen-bond donors (Lipinski definition) is 1. The maximum atomic E-state index is 13.2. The molecule has 5 heteroatoms. The molecule has 0 saturated heterocycles. The van der Waals surface area contributed by atoms with E-state index in [1.807, 2.05) is 48.5 Å². The second-order valence-electron chi connectivity index (χ2n) is 6.70. The lowest BCUT2D eigenvalue weighted by Crippen LogP contribution is -2.33. The van der Waals surface area contributed by atoms with Crippen LogP contribution in [0.5, 0.6) is 11.5 Å². The smallest absolute Gasteiger partial charge is 0.228 e. The van der Waals surface area contributed by atoms with E-state index in [0.29, 0.717) is 11.5 Å². The van der Waals surface area contributed by atoms with E-state index in [2.05, 4.69) is 5.32 Å². The molecule has 0 bridgehead atoms. The Kier molecular flexibility index (Phi) is 6.50. The number of carbonyl (C=O) groups excluding carboxylic acids is 1. The molecule has 0 unspecified atom stereocenters. The summed E-state index contributed by atoms with van der Waals surface area (Å²) < 4.78 is 24.3. The first-order chi connectivity index (χ1) is 14.0. The molecule has 0 aliphatic heterocycles. The van der Waals surface area contributed by atoms with Crippen molar-refractivity contribution in [2.75, 3.05) is 14.2 Å². The molecule has 3 rings (SSSR count). The van der Waals surface area contributed by atoms with E-state index in [4.69, 9.17) is 9.47 Å². The average Bonchev–Trinajstić information content (AvgIpc) is 2.77. The van der Waals surface area contributed by atoms with Crippen LogP contribution in [0.2, 0.25) is 0 Å². The average molecular weight is 393 g/mol. The molecule has 0 aromatic heterocycles. The second-order valence-corrected chi connectivity index (χ2v) is 6.70. The van der Waals surface area contributed by atoms with E-state index in [1.165, 1.54) is 12.1 Å². The van der Waals surface area contributed by atoms with Gasteiger partial charge in [-0.05, 0) is 36.8 Å². The van der Waals surface area contributed by atoms with Gasteiger partial charge in [0.25, 0.3) is 0 Å². The van der Waals surface area contributed by atoms with E-state index in [-0.39, 0.29) is 11.7 Å². The van der Waals surface area contributed by atoms with Gasteiger partial charge in [0.2, 0.25) is 5.91 Å². The van der Waals surface area contributed by atoms with E-state index in [1.54, 1.807) is 33.3 Å². The van der Waals surface area contributed by atoms with E-state index in [9.17, 15) is 9.18 Å². The summed E-state index contributed by atoms with van der Waals surface area (Å²) in [5.74, 6) is 0.361. The largest absolute Gasteiger partial charge is 0.496 e. The molecule has 3 aromatic rings. The maximum absolute atomic E-state index is 13.2. The molecule has 1 amide bonds. The van der Waals surface area contributed by atoms with Crippen LogP contribution in [0.4, 0.5) is 4.39 Å². The Morgan fingerprint density at radius 2 is 1.31 bits per heavy atom. The molecule has 0 radical (unpaired) electrons. The Labute approximate surface area is 170 Å². The highest BCUT2D eigenvalue weighted by atomic mass is 19.1. The minimum atomic E-state index is -0.474. The van der Waals surface area contributed by atoms with Crippen LogP contribution >= 0.6 is 0 Å². The highest BCUT2D eigenvalue weighted by Crippen LogP contribution is 2.35. The topological polar surface area (TPSA) is 47.6 Å². The van der Waals surface area contributed by atoms with E-state index in [0.717, 1.165) is 16.7 Å². The summed E-state index contributed by atoms with van der Waals surface area (Å²) in [7, 11) is 3.20. The first-order valence-corrected chi connectivity index (χ1v) is 9.36. The van der Waals surface area contributed by atoms with Crippen LogP contribution in [-0.4, -0.2) is 20.1 Å². The second kappa shape index (κ2) is 9.24. The normalized spacial score (nSPS) is 11.8. The number of carbonyl (C=O) groups is 1. The minimum absolute atomic E-state index is 0.182. The number of amides is 1. The molecule has 0 heterocycles. The fourth-order valence-corrected chi connectivity index (χ4v) is 3.30. The van der Waals surface area contributed by atoms with Gasteiger partial charge in [-0.3, -0.25) is 4.79 Å². The van der Waals surface area contributed by atoms with Crippen LogP contribution in [0, 0.1) is 5.82 Å². The van der Waals surface area contributed by atoms with Crippen LogP contribution in [0.25, 0.3) is 0 Å². The van der Waals surface area contributed by atoms with Crippen molar-refractivity contribution in [3.8, 4) is 11.5 Å². The molecule has 29 heavy (non-hydrogen) atoms. The van der Waals surface area contributed by atoms with Crippen molar-refractivity contribution in [1.29, 1.82) is 0 Å². The molecular formula is C24H24FNO3. The summed E-state index contributed by atoms with van der Waals surface area (Å²) in [5.41, 5.74) is 2.38. The maximum Gasteiger partial charge on any atom is 0.228 e. The van der Waals surface area contributed by atoms with E-state index >= 15 is 0 Å². The van der Waals surface area contributed by atoms with Crippen molar-refractivity contribution in [3.63, 3.8) is 0 Å².